The van der Waals surface area contributed by atoms with Gasteiger partial charge in [-0.2, -0.15) is 0 Å². The summed E-state index contributed by atoms with van der Waals surface area (Å²) >= 11 is 0. The van der Waals surface area contributed by atoms with Crippen molar-refractivity contribution in [2.75, 3.05) is 6.61 Å². The van der Waals surface area contributed by atoms with Crippen molar-refractivity contribution in [1.29, 1.82) is 0 Å². The molecule has 3 amide bonds. The Hall–Kier alpha value is -3.30. The van der Waals surface area contributed by atoms with Gasteiger partial charge in [0.2, 0.25) is 17.7 Å². The Bertz CT molecular complexity index is 697. The van der Waals surface area contributed by atoms with E-state index in [-0.39, 0.29) is 0 Å². The normalized spacial score (nSPS) is 15.5. The van der Waals surface area contributed by atoms with Crippen LogP contribution in [0.5, 0.6) is 0 Å². The molecule has 0 saturated heterocycles. The van der Waals surface area contributed by atoms with Crippen LogP contribution in [0.4, 0.5) is 0 Å². The summed E-state index contributed by atoms with van der Waals surface area (Å²) < 4.78 is 0. The van der Waals surface area contributed by atoms with Gasteiger partial charge in [0.1, 0.15) is 24.2 Å². The Morgan fingerprint density at radius 2 is 1.39 bits per heavy atom. The number of carboxylic acid groups (broad SMARTS) is 3. The predicted octanol–water partition coefficient (Wildman–Crippen LogP) is -4.43. The summed E-state index contributed by atoms with van der Waals surface area (Å²) in [6.07, 6.45) is -3.56. The molecule has 0 saturated carbocycles. The molecule has 0 aliphatic rings. The van der Waals surface area contributed by atoms with Crippen LogP contribution in [0, 0.1) is 0 Å². The first-order valence-electron chi connectivity index (χ1n) is 8.92. The molecule has 10 N–H and O–H groups in total. The van der Waals surface area contributed by atoms with Gasteiger partial charge in [-0.05, 0) is 13.3 Å². The van der Waals surface area contributed by atoms with Crippen molar-refractivity contribution in [3.8, 4) is 0 Å². The average molecular weight is 450 g/mol. The Morgan fingerprint density at radius 3 is 1.81 bits per heavy atom. The number of hydrogen-bond acceptors (Lipinski definition) is 9. The summed E-state index contributed by atoms with van der Waals surface area (Å²) in [7, 11) is 0. The molecule has 5 atom stereocenters. The van der Waals surface area contributed by atoms with Crippen molar-refractivity contribution in [2.45, 2.75) is 56.5 Å². The number of aliphatic hydroxyl groups is 2. The second-order valence-corrected chi connectivity index (χ2v) is 6.51. The van der Waals surface area contributed by atoms with Gasteiger partial charge in [0.25, 0.3) is 0 Å². The second-order valence-electron chi connectivity index (χ2n) is 6.51. The number of aliphatic hydroxyl groups excluding tert-OH is 2. The maximum absolute atomic E-state index is 12.5. The van der Waals surface area contributed by atoms with E-state index in [0.29, 0.717) is 0 Å². The van der Waals surface area contributed by atoms with Gasteiger partial charge in [-0.25, -0.2) is 4.79 Å². The minimum absolute atomic E-state index is 0.435. The second kappa shape index (κ2) is 13.1. The molecule has 176 valence electrons. The molecule has 0 fully saturated rings. The third kappa shape index (κ3) is 10.3. The number of rotatable bonds is 14. The molecule has 0 aromatic carbocycles. The van der Waals surface area contributed by atoms with Crippen LogP contribution >= 0.6 is 0 Å². The van der Waals surface area contributed by atoms with Gasteiger partial charge in [-0.3, -0.25) is 24.0 Å². The minimum Gasteiger partial charge on any atom is -0.481 e. The van der Waals surface area contributed by atoms with Gasteiger partial charge < -0.3 is 47.2 Å². The summed E-state index contributed by atoms with van der Waals surface area (Å²) in [6, 6.07) is -6.56. The van der Waals surface area contributed by atoms with Gasteiger partial charge in [0.15, 0.2) is 0 Å². The Morgan fingerprint density at radius 1 is 0.839 bits per heavy atom. The van der Waals surface area contributed by atoms with Crippen molar-refractivity contribution in [3.63, 3.8) is 0 Å². The molecule has 15 nitrogen and oxygen atoms in total. The zero-order valence-corrected chi connectivity index (χ0v) is 16.5. The van der Waals surface area contributed by atoms with E-state index in [1.165, 1.54) is 0 Å². The van der Waals surface area contributed by atoms with E-state index < -0.39 is 91.8 Å². The van der Waals surface area contributed by atoms with Crippen molar-refractivity contribution in [3.05, 3.63) is 0 Å². The van der Waals surface area contributed by atoms with E-state index in [1.54, 1.807) is 0 Å². The van der Waals surface area contributed by atoms with Gasteiger partial charge >= 0.3 is 17.9 Å². The molecule has 0 radical (unpaired) electrons. The Balaban J connectivity index is 5.45. The number of nitrogens with two attached hydrogens (primary N) is 1. The molecule has 0 heterocycles. The molecular formula is C16H26N4O11. The largest absolute Gasteiger partial charge is 0.481 e. The number of carbonyl (C=O) groups excluding carboxylic acids is 3. The van der Waals surface area contributed by atoms with E-state index in [1.807, 2.05) is 10.6 Å². The zero-order valence-electron chi connectivity index (χ0n) is 16.5. The average Bonchev–Trinajstić information content (AvgIpc) is 2.66. The summed E-state index contributed by atoms with van der Waals surface area (Å²) in [5, 5.41) is 51.2. The quantitative estimate of drug-likeness (QED) is 0.121. The topological polar surface area (TPSA) is 266 Å². The standard InChI is InChI=1S/C16H26N4O11/c1-6(22)12(15(29)19-9(16(30)31)4-11(25)26)20-14(28)8(2-3-10(23)24)18-13(27)7(17)5-21/h6-9,12,21-22H,2-5,17H2,1H3,(H,18,27)(H,19,29)(H,20,28)(H,23,24)(H,25,26)(H,30,31). The van der Waals surface area contributed by atoms with Crippen LogP contribution < -0.4 is 21.7 Å². The number of carboxylic acids is 3. The SMILES string of the molecule is CC(O)C(NC(=O)C(CCC(=O)O)NC(=O)C(N)CO)C(=O)NC(CC(=O)O)C(=O)O. The minimum atomic E-state index is -1.85. The molecule has 0 aromatic heterocycles. The number of amides is 3. The van der Waals surface area contributed by atoms with Crippen LogP contribution in [0.3, 0.4) is 0 Å². The van der Waals surface area contributed by atoms with Gasteiger partial charge in [0.05, 0.1) is 19.1 Å². The fourth-order valence-electron chi connectivity index (χ4n) is 2.19. The van der Waals surface area contributed by atoms with Crippen molar-refractivity contribution < 1.29 is 54.3 Å². The molecule has 31 heavy (non-hydrogen) atoms. The molecule has 0 rings (SSSR count). The molecule has 0 aliphatic heterocycles. The Labute approximate surface area is 175 Å². The van der Waals surface area contributed by atoms with E-state index in [9.17, 15) is 33.9 Å². The van der Waals surface area contributed by atoms with Crippen molar-refractivity contribution >= 4 is 35.6 Å². The van der Waals surface area contributed by atoms with Crippen molar-refractivity contribution in [2.24, 2.45) is 5.73 Å². The number of hydrogen-bond donors (Lipinski definition) is 9. The highest BCUT2D eigenvalue weighted by Crippen LogP contribution is 2.03. The fraction of sp³-hybridized carbons (Fsp3) is 0.625. The fourth-order valence-corrected chi connectivity index (χ4v) is 2.19. The number of carbonyl (C=O) groups is 6. The molecule has 5 unspecified atom stereocenters. The number of nitrogens with one attached hydrogen (secondary N) is 3. The molecule has 0 aromatic rings. The third-order valence-corrected chi connectivity index (χ3v) is 3.87. The smallest absolute Gasteiger partial charge is 0.326 e. The first-order chi connectivity index (χ1) is 14.3. The summed E-state index contributed by atoms with van der Waals surface area (Å²) in [4.78, 5) is 69.3. The summed E-state index contributed by atoms with van der Waals surface area (Å²) in [6.45, 7) is 0.308. The van der Waals surface area contributed by atoms with E-state index in [2.05, 4.69) is 5.32 Å². The van der Waals surface area contributed by atoms with Crippen LogP contribution in [0.1, 0.15) is 26.2 Å². The van der Waals surface area contributed by atoms with E-state index >= 15 is 0 Å². The highest BCUT2D eigenvalue weighted by atomic mass is 16.4. The molecule has 0 spiro atoms. The first-order valence-corrected chi connectivity index (χ1v) is 8.92. The maximum Gasteiger partial charge on any atom is 0.326 e. The lowest BCUT2D eigenvalue weighted by atomic mass is 10.1. The highest BCUT2D eigenvalue weighted by molar-refractivity contribution is 5.95. The third-order valence-electron chi connectivity index (χ3n) is 3.87. The van der Waals surface area contributed by atoms with Crippen LogP contribution in [0.15, 0.2) is 0 Å². The zero-order chi connectivity index (χ0) is 24.3. The lowest BCUT2D eigenvalue weighted by Crippen LogP contribution is -2.60. The van der Waals surface area contributed by atoms with Gasteiger partial charge in [-0.15, -0.1) is 0 Å². The molecule has 0 bridgehead atoms. The van der Waals surface area contributed by atoms with Gasteiger partial charge in [-0.1, -0.05) is 0 Å². The molecular weight excluding hydrogens is 424 g/mol. The van der Waals surface area contributed by atoms with Crippen LogP contribution in [-0.2, 0) is 28.8 Å². The number of aliphatic carboxylic acids is 3. The van der Waals surface area contributed by atoms with Crippen LogP contribution in [0.25, 0.3) is 0 Å². The van der Waals surface area contributed by atoms with Crippen molar-refractivity contribution in [1.82, 2.24) is 16.0 Å². The monoisotopic (exact) mass is 450 g/mol. The van der Waals surface area contributed by atoms with Gasteiger partial charge in [0, 0.05) is 6.42 Å². The Kier molecular flexibility index (Phi) is 11.7. The predicted molar refractivity (Wildman–Crippen MR) is 99.3 cm³/mol. The first kappa shape index (κ1) is 27.7. The summed E-state index contributed by atoms with van der Waals surface area (Å²) in [5.41, 5.74) is 5.32. The van der Waals surface area contributed by atoms with Crippen LogP contribution in [0.2, 0.25) is 0 Å². The highest BCUT2D eigenvalue weighted by Gasteiger charge is 2.33. The molecule has 0 aliphatic carbocycles. The van der Waals surface area contributed by atoms with E-state index in [0.717, 1.165) is 6.92 Å². The van der Waals surface area contributed by atoms with Crippen LogP contribution in [-0.4, -0.2) is 98.0 Å². The lowest BCUT2D eigenvalue weighted by Gasteiger charge is -2.26. The van der Waals surface area contributed by atoms with E-state index in [4.69, 9.17) is 26.2 Å². The maximum atomic E-state index is 12.5. The molecule has 15 heteroatoms. The lowest BCUT2D eigenvalue weighted by molar-refractivity contribution is -0.148. The summed E-state index contributed by atoms with van der Waals surface area (Å²) in [5.74, 6) is -7.82.